The topological polar surface area (TPSA) is 39.1 Å². The van der Waals surface area contributed by atoms with Gasteiger partial charge < -0.3 is 10.1 Å². The summed E-state index contributed by atoms with van der Waals surface area (Å²) in [5.74, 6) is 0. The summed E-state index contributed by atoms with van der Waals surface area (Å²) in [4.78, 5) is 0. The zero-order chi connectivity index (χ0) is 14.3. The number of rotatable bonds is 9. The molecule has 0 aliphatic carbocycles. The largest absolute Gasteiger partial charge is 0.379 e. The second kappa shape index (κ2) is 7.65. The van der Waals surface area contributed by atoms with Crippen LogP contribution in [0, 0.1) is 0 Å². The van der Waals surface area contributed by atoms with Gasteiger partial charge >= 0.3 is 0 Å². The molecular formula is C15H29N3O. The molecule has 0 amide bonds. The standard InChI is InChI=1S/C15H29N3O/c1-6-9-16-14(10-15(2,3)19-5)8-7-13-11-17-18(4)12-13/h11-12,14,16H,6-10H2,1-5H3. The molecule has 0 aromatic carbocycles. The van der Waals surface area contributed by atoms with Crippen LogP contribution in [0.2, 0.25) is 0 Å². The quantitative estimate of drug-likeness (QED) is 0.747. The maximum absolute atomic E-state index is 5.55. The van der Waals surface area contributed by atoms with Gasteiger partial charge in [-0.3, -0.25) is 4.68 Å². The zero-order valence-corrected chi connectivity index (χ0v) is 13.1. The minimum Gasteiger partial charge on any atom is -0.379 e. The summed E-state index contributed by atoms with van der Waals surface area (Å²) in [6, 6.07) is 0.495. The van der Waals surface area contributed by atoms with E-state index in [1.807, 2.05) is 17.9 Å². The smallest absolute Gasteiger partial charge is 0.0637 e. The van der Waals surface area contributed by atoms with E-state index >= 15 is 0 Å². The van der Waals surface area contributed by atoms with Crippen molar-refractivity contribution in [2.75, 3.05) is 13.7 Å². The van der Waals surface area contributed by atoms with Gasteiger partial charge in [-0.1, -0.05) is 6.92 Å². The number of hydrogen-bond donors (Lipinski definition) is 1. The Labute approximate surface area is 117 Å². The predicted molar refractivity (Wildman–Crippen MR) is 79.3 cm³/mol. The molecular weight excluding hydrogens is 238 g/mol. The molecule has 0 radical (unpaired) electrons. The van der Waals surface area contributed by atoms with E-state index in [0.29, 0.717) is 6.04 Å². The minimum atomic E-state index is -0.0691. The number of ether oxygens (including phenoxy) is 1. The van der Waals surface area contributed by atoms with Gasteiger partial charge in [-0.05, 0) is 51.6 Å². The van der Waals surface area contributed by atoms with Gasteiger partial charge in [-0.25, -0.2) is 0 Å². The first-order chi connectivity index (χ1) is 8.96. The molecule has 1 atom stereocenters. The molecule has 4 nitrogen and oxygen atoms in total. The average Bonchev–Trinajstić information content (AvgIpc) is 2.78. The van der Waals surface area contributed by atoms with Crippen molar-refractivity contribution in [3.63, 3.8) is 0 Å². The van der Waals surface area contributed by atoms with Gasteiger partial charge in [0.05, 0.1) is 11.8 Å². The summed E-state index contributed by atoms with van der Waals surface area (Å²) in [6.07, 6.45) is 8.44. The molecule has 1 rings (SSSR count). The van der Waals surface area contributed by atoms with E-state index in [-0.39, 0.29) is 5.60 Å². The normalized spacial score (nSPS) is 13.7. The van der Waals surface area contributed by atoms with Crippen LogP contribution in [0.1, 0.15) is 45.6 Å². The van der Waals surface area contributed by atoms with E-state index in [0.717, 1.165) is 32.2 Å². The van der Waals surface area contributed by atoms with Crippen molar-refractivity contribution in [1.29, 1.82) is 0 Å². The van der Waals surface area contributed by atoms with Gasteiger partial charge in [-0.15, -0.1) is 0 Å². The fraction of sp³-hybridized carbons (Fsp3) is 0.800. The third-order valence-corrected chi connectivity index (χ3v) is 3.51. The Balaban J connectivity index is 2.49. The van der Waals surface area contributed by atoms with Crippen LogP contribution in [0.3, 0.4) is 0 Å². The van der Waals surface area contributed by atoms with Crippen LogP contribution >= 0.6 is 0 Å². The number of aryl methyl sites for hydroxylation is 2. The first-order valence-corrected chi connectivity index (χ1v) is 7.23. The van der Waals surface area contributed by atoms with E-state index < -0.39 is 0 Å². The molecule has 19 heavy (non-hydrogen) atoms. The Morgan fingerprint density at radius 1 is 1.47 bits per heavy atom. The van der Waals surface area contributed by atoms with E-state index in [4.69, 9.17) is 4.74 Å². The first-order valence-electron chi connectivity index (χ1n) is 7.23. The van der Waals surface area contributed by atoms with Crippen molar-refractivity contribution in [2.24, 2.45) is 7.05 Å². The number of aromatic nitrogens is 2. The number of nitrogens with zero attached hydrogens (tertiary/aromatic N) is 2. The van der Waals surface area contributed by atoms with E-state index in [1.54, 1.807) is 7.11 Å². The predicted octanol–water partition coefficient (Wildman–Crippen LogP) is 2.54. The van der Waals surface area contributed by atoms with Gasteiger partial charge in [0.2, 0.25) is 0 Å². The molecule has 1 heterocycles. The lowest BCUT2D eigenvalue weighted by Gasteiger charge is -2.29. The molecule has 110 valence electrons. The maximum Gasteiger partial charge on any atom is 0.0637 e. The van der Waals surface area contributed by atoms with Crippen molar-refractivity contribution in [2.45, 2.75) is 58.1 Å². The highest BCUT2D eigenvalue weighted by molar-refractivity contribution is 5.04. The highest BCUT2D eigenvalue weighted by atomic mass is 16.5. The summed E-state index contributed by atoms with van der Waals surface area (Å²) in [5.41, 5.74) is 1.24. The van der Waals surface area contributed by atoms with Gasteiger partial charge in [0.15, 0.2) is 0 Å². The van der Waals surface area contributed by atoms with Crippen molar-refractivity contribution in [3.05, 3.63) is 18.0 Å². The van der Waals surface area contributed by atoms with Crippen LogP contribution in [0.4, 0.5) is 0 Å². The molecule has 1 aromatic rings. The first kappa shape index (κ1) is 16.2. The second-order valence-electron chi connectivity index (χ2n) is 5.88. The Hall–Kier alpha value is -0.870. The molecule has 1 N–H and O–H groups in total. The zero-order valence-electron chi connectivity index (χ0n) is 13.1. The van der Waals surface area contributed by atoms with Crippen LogP contribution in [-0.4, -0.2) is 35.1 Å². The summed E-state index contributed by atoms with van der Waals surface area (Å²) in [5, 5.41) is 7.85. The molecule has 0 aliphatic rings. The second-order valence-corrected chi connectivity index (χ2v) is 5.88. The monoisotopic (exact) mass is 267 g/mol. The fourth-order valence-electron chi connectivity index (χ4n) is 2.24. The van der Waals surface area contributed by atoms with Gasteiger partial charge in [-0.2, -0.15) is 5.10 Å². The lowest BCUT2D eigenvalue weighted by Crippen LogP contribution is -2.38. The van der Waals surface area contributed by atoms with Gasteiger partial charge in [0.1, 0.15) is 0 Å². The highest BCUT2D eigenvalue weighted by Crippen LogP contribution is 2.18. The van der Waals surface area contributed by atoms with Crippen molar-refractivity contribution < 1.29 is 4.74 Å². The Morgan fingerprint density at radius 2 is 2.21 bits per heavy atom. The Bertz CT molecular complexity index is 360. The lowest BCUT2D eigenvalue weighted by molar-refractivity contribution is 0.00643. The molecule has 0 saturated carbocycles. The molecule has 4 heteroatoms. The molecule has 1 aromatic heterocycles. The highest BCUT2D eigenvalue weighted by Gasteiger charge is 2.22. The van der Waals surface area contributed by atoms with Crippen LogP contribution in [0.15, 0.2) is 12.4 Å². The third-order valence-electron chi connectivity index (χ3n) is 3.51. The summed E-state index contributed by atoms with van der Waals surface area (Å²) in [7, 11) is 3.75. The summed E-state index contributed by atoms with van der Waals surface area (Å²) in [6.45, 7) is 7.57. The fourth-order valence-corrected chi connectivity index (χ4v) is 2.24. The summed E-state index contributed by atoms with van der Waals surface area (Å²) >= 11 is 0. The SMILES string of the molecule is CCCNC(CCc1cnn(C)c1)CC(C)(C)OC. The average molecular weight is 267 g/mol. The molecule has 0 aliphatic heterocycles. The van der Waals surface area contributed by atoms with Crippen molar-refractivity contribution >= 4 is 0 Å². The van der Waals surface area contributed by atoms with Crippen molar-refractivity contribution in [3.8, 4) is 0 Å². The number of methoxy groups -OCH3 is 1. The van der Waals surface area contributed by atoms with Crippen LogP contribution in [0.25, 0.3) is 0 Å². The van der Waals surface area contributed by atoms with Crippen molar-refractivity contribution in [1.82, 2.24) is 15.1 Å². The van der Waals surface area contributed by atoms with E-state index in [2.05, 4.69) is 37.4 Å². The Kier molecular flexibility index (Phi) is 6.52. The number of hydrogen-bond acceptors (Lipinski definition) is 3. The number of nitrogens with one attached hydrogen (secondary N) is 1. The van der Waals surface area contributed by atoms with Gasteiger partial charge in [0, 0.05) is 26.4 Å². The minimum absolute atomic E-state index is 0.0691. The molecule has 1 unspecified atom stereocenters. The molecule has 0 bridgehead atoms. The van der Waals surface area contributed by atoms with Crippen LogP contribution in [0.5, 0.6) is 0 Å². The maximum atomic E-state index is 5.55. The summed E-state index contributed by atoms with van der Waals surface area (Å²) < 4.78 is 7.41. The molecule has 0 saturated heterocycles. The van der Waals surface area contributed by atoms with Gasteiger partial charge in [0.25, 0.3) is 0 Å². The van der Waals surface area contributed by atoms with Crippen LogP contribution in [-0.2, 0) is 18.2 Å². The molecule has 0 spiro atoms. The third kappa shape index (κ3) is 6.21. The van der Waals surface area contributed by atoms with Crippen LogP contribution < -0.4 is 5.32 Å². The lowest BCUT2D eigenvalue weighted by atomic mass is 9.94. The van der Waals surface area contributed by atoms with E-state index in [9.17, 15) is 0 Å². The molecule has 0 fully saturated rings. The van der Waals surface area contributed by atoms with E-state index in [1.165, 1.54) is 5.56 Å². The Morgan fingerprint density at radius 3 is 2.74 bits per heavy atom.